The van der Waals surface area contributed by atoms with Crippen LogP contribution in [-0.4, -0.2) is 23.4 Å². The van der Waals surface area contributed by atoms with Gasteiger partial charge in [0.1, 0.15) is 4.90 Å². The molecule has 1 N–H and O–H groups in total. The van der Waals surface area contributed by atoms with Crippen LogP contribution in [-0.2, 0) is 16.6 Å². The zero-order valence-electron chi connectivity index (χ0n) is 13.5. The van der Waals surface area contributed by atoms with Crippen LogP contribution < -0.4 is 4.72 Å². The van der Waals surface area contributed by atoms with E-state index in [1.54, 1.807) is 48.1 Å². The largest absolute Gasteiger partial charge is 0.256 e. The Hall–Kier alpha value is -2.68. The van der Waals surface area contributed by atoms with Crippen LogP contribution in [0.25, 0.3) is 22.2 Å². The van der Waals surface area contributed by atoms with Crippen LogP contribution in [0.4, 0.5) is 0 Å². The van der Waals surface area contributed by atoms with Gasteiger partial charge in [0.15, 0.2) is 0 Å². The second-order valence-electron chi connectivity index (χ2n) is 5.52. The lowest BCUT2D eigenvalue weighted by Crippen LogP contribution is -2.24. The number of para-hydroxylation sites is 1. The zero-order valence-corrected chi connectivity index (χ0v) is 15.2. The molecule has 0 aliphatic carbocycles. The molecule has 8 heteroatoms. The van der Waals surface area contributed by atoms with E-state index in [0.717, 1.165) is 10.9 Å². The van der Waals surface area contributed by atoms with Crippen molar-refractivity contribution in [3.63, 3.8) is 0 Å². The first-order chi connectivity index (χ1) is 12.6. The van der Waals surface area contributed by atoms with Crippen LogP contribution in [0.15, 0.2) is 70.6 Å². The number of sulfonamides is 1. The summed E-state index contributed by atoms with van der Waals surface area (Å²) in [7, 11) is -3.75. The predicted molar refractivity (Wildman–Crippen MR) is 101 cm³/mol. The van der Waals surface area contributed by atoms with Crippen molar-refractivity contribution in [3.8, 4) is 11.3 Å². The van der Waals surface area contributed by atoms with Crippen molar-refractivity contribution < 1.29 is 8.42 Å². The number of hydrogen-bond donors (Lipinski definition) is 1. The van der Waals surface area contributed by atoms with Gasteiger partial charge in [0.25, 0.3) is 0 Å². The molecule has 3 heterocycles. The molecular weight excluding hydrogens is 368 g/mol. The Morgan fingerprint density at radius 2 is 1.81 bits per heavy atom. The first-order valence-electron chi connectivity index (χ1n) is 7.81. The summed E-state index contributed by atoms with van der Waals surface area (Å²) in [6, 6.07) is 10.6. The molecule has 0 unspecified atom stereocenters. The topological polar surface area (TPSA) is 84.8 Å². The number of nitrogens with one attached hydrogen (secondary N) is 1. The number of fused-ring (bicyclic) bond motifs is 1. The lowest BCUT2D eigenvalue weighted by atomic mass is 10.2. The fourth-order valence-corrected chi connectivity index (χ4v) is 4.48. The second-order valence-corrected chi connectivity index (χ2v) is 8.03. The molecular formula is C18H14N4O2S2. The highest BCUT2D eigenvalue weighted by atomic mass is 32.2. The van der Waals surface area contributed by atoms with E-state index in [1.807, 2.05) is 29.0 Å². The Labute approximate surface area is 154 Å². The van der Waals surface area contributed by atoms with Crippen molar-refractivity contribution in [1.29, 1.82) is 0 Å². The van der Waals surface area contributed by atoms with Gasteiger partial charge in [-0.25, -0.2) is 13.1 Å². The highest BCUT2D eigenvalue weighted by Gasteiger charge is 2.19. The molecule has 3 aromatic heterocycles. The maximum atomic E-state index is 12.8. The van der Waals surface area contributed by atoms with Gasteiger partial charge in [-0.2, -0.15) is 11.3 Å². The molecule has 0 atom stereocenters. The summed E-state index contributed by atoms with van der Waals surface area (Å²) in [6.07, 6.45) is 4.73. The highest BCUT2D eigenvalue weighted by Crippen LogP contribution is 2.24. The van der Waals surface area contributed by atoms with Gasteiger partial charge in [0.2, 0.25) is 10.0 Å². The molecule has 0 aliphatic rings. The van der Waals surface area contributed by atoms with E-state index >= 15 is 0 Å². The Morgan fingerprint density at radius 1 is 0.962 bits per heavy atom. The van der Waals surface area contributed by atoms with E-state index in [9.17, 15) is 8.42 Å². The van der Waals surface area contributed by atoms with Crippen LogP contribution in [0.3, 0.4) is 0 Å². The van der Waals surface area contributed by atoms with Gasteiger partial charge in [-0.15, -0.1) is 0 Å². The molecule has 0 saturated carbocycles. The molecule has 4 aromatic rings. The van der Waals surface area contributed by atoms with Crippen LogP contribution in [0.1, 0.15) is 5.69 Å². The number of thiophene rings is 1. The first kappa shape index (κ1) is 16.8. The summed E-state index contributed by atoms with van der Waals surface area (Å²) >= 11 is 1.55. The molecule has 1 aromatic carbocycles. The van der Waals surface area contributed by atoms with Gasteiger partial charge in [0.05, 0.1) is 23.4 Å². The van der Waals surface area contributed by atoms with E-state index < -0.39 is 10.0 Å². The minimum Gasteiger partial charge on any atom is -0.256 e. The van der Waals surface area contributed by atoms with Crippen molar-refractivity contribution in [2.45, 2.75) is 11.4 Å². The first-order valence-corrected chi connectivity index (χ1v) is 10.2. The standard InChI is InChI=1S/C18H14N4O2S2/c23-26(24,16-5-1-3-13-4-2-7-20-18(13)16)22-11-15-17(21-9-8-19-15)14-6-10-25-12-14/h1-10,12,22H,11H2. The molecule has 130 valence electrons. The van der Waals surface area contributed by atoms with Crippen molar-refractivity contribution in [3.05, 3.63) is 71.4 Å². The van der Waals surface area contributed by atoms with Crippen LogP contribution in [0, 0.1) is 0 Å². The smallest absolute Gasteiger partial charge is 0.243 e. The Morgan fingerprint density at radius 3 is 2.65 bits per heavy atom. The molecule has 0 radical (unpaired) electrons. The second kappa shape index (κ2) is 6.91. The Kier molecular flexibility index (Phi) is 4.46. The third-order valence-corrected chi connectivity index (χ3v) is 6.00. The average Bonchev–Trinajstić information content (AvgIpc) is 3.21. The van der Waals surface area contributed by atoms with E-state index in [0.29, 0.717) is 16.9 Å². The van der Waals surface area contributed by atoms with Gasteiger partial charge in [-0.3, -0.25) is 15.0 Å². The lowest BCUT2D eigenvalue weighted by Gasteiger charge is -2.10. The Bertz CT molecular complexity index is 1150. The lowest BCUT2D eigenvalue weighted by molar-refractivity contribution is 0.581. The van der Waals surface area contributed by atoms with Crippen LogP contribution in [0.2, 0.25) is 0 Å². The molecule has 0 fully saturated rings. The highest BCUT2D eigenvalue weighted by molar-refractivity contribution is 7.89. The van der Waals surface area contributed by atoms with Crippen LogP contribution >= 0.6 is 11.3 Å². The van der Waals surface area contributed by atoms with Gasteiger partial charge in [0, 0.05) is 34.9 Å². The predicted octanol–water partition coefficient (Wildman–Crippen LogP) is 3.23. The van der Waals surface area contributed by atoms with Gasteiger partial charge in [-0.1, -0.05) is 18.2 Å². The summed E-state index contributed by atoms with van der Waals surface area (Å²) in [5.74, 6) is 0. The van der Waals surface area contributed by atoms with Gasteiger partial charge < -0.3 is 0 Å². The van der Waals surface area contributed by atoms with E-state index in [4.69, 9.17) is 0 Å². The summed E-state index contributed by atoms with van der Waals surface area (Å²) in [6.45, 7) is 0.0462. The molecule has 0 aliphatic heterocycles. The number of benzene rings is 1. The molecule has 4 rings (SSSR count). The minimum atomic E-state index is -3.75. The molecule has 26 heavy (non-hydrogen) atoms. The molecule has 0 saturated heterocycles. The maximum absolute atomic E-state index is 12.8. The zero-order chi connectivity index (χ0) is 18.0. The normalized spacial score (nSPS) is 11.7. The van der Waals surface area contributed by atoms with Crippen molar-refractivity contribution in [2.75, 3.05) is 0 Å². The maximum Gasteiger partial charge on any atom is 0.243 e. The molecule has 0 amide bonds. The molecule has 0 spiro atoms. The third kappa shape index (κ3) is 3.22. The quantitative estimate of drug-likeness (QED) is 0.573. The fourth-order valence-electron chi connectivity index (χ4n) is 2.67. The Balaban J connectivity index is 1.66. The number of aromatic nitrogens is 3. The summed E-state index contributed by atoms with van der Waals surface area (Å²) < 4.78 is 28.3. The number of hydrogen-bond acceptors (Lipinski definition) is 6. The summed E-state index contributed by atoms with van der Waals surface area (Å²) in [5.41, 5.74) is 2.61. The number of pyridine rings is 1. The minimum absolute atomic E-state index is 0.0462. The van der Waals surface area contributed by atoms with Crippen LogP contribution in [0.5, 0.6) is 0 Å². The van der Waals surface area contributed by atoms with Crippen molar-refractivity contribution in [2.24, 2.45) is 0 Å². The number of rotatable bonds is 5. The molecule has 0 bridgehead atoms. The average molecular weight is 382 g/mol. The summed E-state index contributed by atoms with van der Waals surface area (Å²) in [5, 5.41) is 4.67. The third-order valence-electron chi connectivity index (χ3n) is 3.88. The molecule has 6 nitrogen and oxygen atoms in total. The van der Waals surface area contributed by atoms with Gasteiger partial charge in [-0.05, 0) is 23.6 Å². The fraction of sp³-hybridized carbons (Fsp3) is 0.0556. The number of nitrogens with zero attached hydrogens (tertiary/aromatic N) is 3. The van der Waals surface area contributed by atoms with E-state index in [2.05, 4.69) is 19.7 Å². The van der Waals surface area contributed by atoms with E-state index in [1.165, 1.54) is 0 Å². The van der Waals surface area contributed by atoms with Gasteiger partial charge >= 0.3 is 0 Å². The van der Waals surface area contributed by atoms with E-state index in [-0.39, 0.29) is 11.4 Å². The monoisotopic (exact) mass is 382 g/mol. The SMILES string of the molecule is O=S(=O)(NCc1nccnc1-c1ccsc1)c1cccc2cccnc12. The van der Waals surface area contributed by atoms with Crippen molar-refractivity contribution in [1.82, 2.24) is 19.7 Å². The van der Waals surface area contributed by atoms with Crippen molar-refractivity contribution >= 4 is 32.3 Å². The summed E-state index contributed by atoms with van der Waals surface area (Å²) in [4.78, 5) is 13.0.